The molecule has 0 spiro atoms. The number of aryl methyl sites for hydroxylation is 3. The fraction of sp³-hybridized carbons (Fsp3) is 0.294. The monoisotopic (exact) mass is 309 g/mol. The van der Waals surface area contributed by atoms with E-state index in [0.717, 1.165) is 28.0 Å². The van der Waals surface area contributed by atoms with E-state index in [-0.39, 0.29) is 5.91 Å². The molecule has 0 bridgehead atoms. The summed E-state index contributed by atoms with van der Waals surface area (Å²) in [5, 5.41) is 10.7. The van der Waals surface area contributed by atoms with Crippen molar-refractivity contribution in [1.29, 1.82) is 0 Å². The van der Waals surface area contributed by atoms with Crippen LogP contribution >= 0.6 is 0 Å². The molecule has 0 saturated heterocycles. The summed E-state index contributed by atoms with van der Waals surface area (Å²) in [6, 6.07) is 7.71. The molecule has 0 unspecified atom stereocenters. The topological polar surface area (TPSA) is 83.6 Å². The second-order valence-electron chi connectivity index (χ2n) is 5.63. The van der Waals surface area contributed by atoms with Crippen LogP contribution in [0.2, 0.25) is 0 Å². The molecule has 3 aromatic rings. The van der Waals surface area contributed by atoms with Crippen LogP contribution in [0.15, 0.2) is 24.3 Å². The Kier molecular flexibility index (Phi) is 4.06. The number of fused-ring (bicyclic) bond motifs is 1. The van der Waals surface area contributed by atoms with Crippen LogP contribution in [0.4, 0.5) is 0 Å². The quantitative estimate of drug-likeness (QED) is 0.774. The van der Waals surface area contributed by atoms with E-state index in [1.54, 1.807) is 0 Å². The molecule has 6 nitrogen and oxygen atoms in total. The lowest BCUT2D eigenvalue weighted by atomic mass is 10.0. The van der Waals surface area contributed by atoms with Crippen molar-refractivity contribution in [2.75, 3.05) is 6.54 Å². The summed E-state index contributed by atoms with van der Waals surface area (Å²) in [4.78, 5) is 21.3. The highest BCUT2D eigenvalue weighted by atomic mass is 16.1. The number of aromatic nitrogens is 4. The van der Waals surface area contributed by atoms with Crippen molar-refractivity contribution in [3.63, 3.8) is 0 Å². The molecule has 1 amide bonds. The van der Waals surface area contributed by atoms with E-state index < -0.39 is 0 Å². The van der Waals surface area contributed by atoms with Crippen molar-refractivity contribution < 1.29 is 4.79 Å². The van der Waals surface area contributed by atoms with Gasteiger partial charge in [0.05, 0.1) is 11.1 Å². The molecule has 2 aromatic heterocycles. The number of nitrogens with one attached hydrogen (secondary N) is 2. The third-order valence-electron chi connectivity index (χ3n) is 3.69. The van der Waals surface area contributed by atoms with Gasteiger partial charge in [-0.25, -0.2) is 4.98 Å². The molecule has 0 saturated carbocycles. The van der Waals surface area contributed by atoms with Crippen molar-refractivity contribution in [2.24, 2.45) is 0 Å². The van der Waals surface area contributed by atoms with E-state index in [9.17, 15) is 4.79 Å². The van der Waals surface area contributed by atoms with Crippen molar-refractivity contribution >= 4 is 16.8 Å². The molecule has 0 radical (unpaired) electrons. The zero-order valence-electron chi connectivity index (χ0n) is 13.5. The minimum Gasteiger partial charge on any atom is -0.352 e. The van der Waals surface area contributed by atoms with E-state index in [1.807, 2.05) is 45.0 Å². The van der Waals surface area contributed by atoms with Gasteiger partial charge in [-0.15, -0.1) is 0 Å². The van der Waals surface area contributed by atoms with Crippen LogP contribution in [0, 0.1) is 20.8 Å². The van der Waals surface area contributed by atoms with E-state index in [4.69, 9.17) is 0 Å². The zero-order valence-corrected chi connectivity index (χ0v) is 13.5. The first-order valence-corrected chi connectivity index (χ1v) is 7.57. The molecule has 23 heavy (non-hydrogen) atoms. The Bertz CT molecular complexity index is 869. The Morgan fingerprint density at radius 1 is 1.22 bits per heavy atom. The van der Waals surface area contributed by atoms with Crippen LogP contribution < -0.4 is 5.32 Å². The van der Waals surface area contributed by atoms with Crippen molar-refractivity contribution in [2.45, 2.75) is 27.2 Å². The van der Waals surface area contributed by atoms with Gasteiger partial charge >= 0.3 is 0 Å². The number of rotatable bonds is 4. The fourth-order valence-corrected chi connectivity index (χ4v) is 2.59. The SMILES string of the molecule is Cc1cc(C(=O)NCCc2n[nH]c(C)n2)c2cccc(C)c2n1. The van der Waals surface area contributed by atoms with Gasteiger partial charge in [-0.2, -0.15) is 5.10 Å². The zero-order chi connectivity index (χ0) is 16.4. The van der Waals surface area contributed by atoms with E-state index in [2.05, 4.69) is 25.5 Å². The van der Waals surface area contributed by atoms with Crippen LogP contribution in [0.5, 0.6) is 0 Å². The lowest BCUT2D eigenvalue weighted by Crippen LogP contribution is -2.26. The lowest BCUT2D eigenvalue weighted by Gasteiger charge is -2.10. The average molecular weight is 309 g/mol. The highest BCUT2D eigenvalue weighted by Crippen LogP contribution is 2.21. The molecule has 1 aromatic carbocycles. The van der Waals surface area contributed by atoms with Gasteiger partial charge in [0.15, 0.2) is 5.82 Å². The number of pyridine rings is 1. The molecule has 2 N–H and O–H groups in total. The summed E-state index contributed by atoms with van der Waals surface area (Å²) in [6.45, 7) is 6.25. The Hall–Kier alpha value is -2.76. The van der Waals surface area contributed by atoms with E-state index >= 15 is 0 Å². The van der Waals surface area contributed by atoms with Crippen LogP contribution in [0.25, 0.3) is 10.9 Å². The van der Waals surface area contributed by atoms with E-state index in [0.29, 0.717) is 24.4 Å². The number of carbonyl (C=O) groups is 1. The Balaban J connectivity index is 1.79. The van der Waals surface area contributed by atoms with Gasteiger partial charge in [-0.1, -0.05) is 18.2 Å². The molecule has 0 aliphatic heterocycles. The molecule has 118 valence electrons. The van der Waals surface area contributed by atoms with Gasteiger partial charge in [0, 0.05) is 24.0 Å². The van der Waals surface area contributed by atoms with Crippen LogP contribution in [-0.4, -0.2) is 32.6 Å². The highest BCUT2D eigenvalue weighted by Gasteiger charge is 2.13. The van der Waals surface area contributed by atoms with E-state index in [1.165, 1.54) is 0 Å². The number of H-pyrrole nitrogens is 1. The lowest BCUT2D eigenvalue weighted by molar-refractivity contribution is 0.0955. The van der Waals surface area contributed by atoms with Gasteiger partial charge in [0.1, 0.15) is 5.82 Å². The Morgan fingerprint density at radius 3 is 2.78 bits per heavy atom. The van der Waals surface area contributed by atoms with Crippen LogP contribution in [-0.2, 0) is 6.42 Å². The Labute approximate surface area is 134 Å². The molecule has 2 heterocycles. The van der Waals surface area contributed by atoms with Crippen LogP contribution in [0.1, 0.15) is 33.3 Å². The second-order valence-corrected chi connectivity index (χ2v) is 5.63. The summed E-state index contributed by atoms with van der Waals surface area (Å²) in [5.41, 5.74) is 3.43. The minimum atomic E-state index is -0.0987. The van der Waals surface area contributed by atoms with Gasteiger partial charge < -0.3 is 5.32 Å². The molecule has 3 rings (SSSR count). The molecule has 6 heteroatoms. The average Bonchev–Trinajstić information content (AvgIpc) is 2.93. The highest BCUT2D eigenvalue weighted by molar-refractivity contribution is 6.06. The number of amides is 1. The summed E-state index contributed by atoms with van der Waals surface area (Å²) in [5.74, 6) is 1.38. The summed E-state index contributed by atoms with van der Waals surface area (Å²) in [7, 11) is 0. The van der Waals surface area contributed by atoms with Gasteiger partial charge in [-0.05, 0) is 32.4 Å². The molecule has 0 aliphatic carbocycles. The number of nitrogens with zero attached hydrogens (tertiary/aromatic N) is 3. The van der Waals surface area contributed by atoms with Gasteiger partial charge in [0.25, 0.3) is 5.91 Å². The second kappa shape index (κ2) is 6.16. The predicted molar refractivity (Wildman–Crippen MR) is 88.4 cm³/mol. The number of aromatic amines is 1. The molecule has 0 fully saturated rings. The molecular weight excluding hydrogens is 290 g/mol. The largest absolute Gasteiger partial charge is 0.352 e. The third kappa shape index (κ3) is 3.21. The van der Waals surface area contributed by atoms with Gasteiger partial charge in [-0.3, -0.25) is 14.9 Å². The standard InChI is InChI=1S/C17H19N5O/c1-10-5-4-6-13-14(9-11(2)19-16(10)13)17(23)18-8-7-15-20-12(3)21-22-15/h4-6,9H,7-8H2,1-3H3,(H,18,23)(H,20,21,22). The number of hydrogen-bond donors (Lipinski definition) is 2. The molecular formula is C17H19N5O. The predicted octanol–water partition coefficient (Wildman–Crippen LogP) is 2.25. The first kappa shape index (κ1) is 15.1. The Morgan fingerprint density at radius 2 is 2.04 bits per heavy atom. The fourth-order valence-electron chi connectivity index (χ4n) is 2.59. The van der Waals surface area contributed by atoms with Gasteiger partial charge in [0.2, 0.25) is 0 Å². The van der Waals surface area contributed by atoms with Crippen LogP contribution in [0.3, 0.4) is 0 Å². The normalized spacial score (nSPS) is 10.9. The maximum atomic E-state index is 12.5. The first-order chi connectivity index (χ1) is 11.0. The number of para-hydroxylation sites is 1. The number of hydrogen-bond acceptors (Lipinski definition) is 4. The number of benzene rings is 1. The maximum Gasteiger partial charge on any atom is 0.252 e. The van der Waals surface area contributed by atoms with Crippen molar-refractivity contribution in [1.82, 2.24) is 25.5 Å². The minimum absolute atomic E-state index is 0.0987. The maximum absolute atomic E-state index is 12.5. The number of carbonyl (C=O) groups excluding carboxylic acids is 1. The third-order valence-corrected chi connectivity index (χ3v) is 3.69. The first-order valence-electron chi connectivity index (χ1n) is 7.57. The smallest absolute Gasteiger partial charge is 0.252 e. The molecule has 0 aliphatic rings. The van der Waals surface area contributed by atoms with Crippen molar-refractivity contribution in [3.8, 4) is 0 Å². The summed E-state index contributed by atoms with van der Waals surface area (Å²) >= 11 is 0. The van der Waals surface area contributed by atoms with Crippen molar-refractivity contribution in [3.05, 3.63) is 52.7 Å². The molecule has 0 atom stereocenters. The summed E-state index contributed by atoms with van der Waals surface area (Å²) in [6.07, 6.45) is 0.594. The summed E-state index contributed by atoms with van der Waals surface area (Å²) < 4.78 is 0.